The molecule has 1 aliphatic carbocycles. The predicted molar refractivity (Wildman–Crippen MR) is 85.1 cm³/mol. The second-order valence-corrected chi connectivity index (χ2v) is 6.81. The van der Waals surface area contributed by atoms with E-state index < -0.39 is 0 Å². The molecule has 1 aliphatic heterocycles. The molecule has 0 bridgehead atoms. The Hall–Kier alpha value is -0.860. The molecule has 1 unspecified atom stereocenters. The first-order valence-corrected chi connectivity index (χ1v) is 8.30. The third kappa shape index (κ3) is 3.07. The number of nitrogens with one attached hydrogen (secondary N) is 1. The summed E-state index contributed by atoms with van der Waals surface area (Å²) in [7, 11) is 0. The van der Waals surface area contributed by atoms with Gasteiger partial charge in [0.05, 0.1) is 0 Å². The number of aryl methyl sites for hydroxylation is 2. The van der Waals surface area contributed by atoms with Crippen molar-refractivity contribution < 1.29 is 0 Å². The number of rotatable bonds is 4. The molecule has 1 aromatic rings. The molecule has 2 aliphatic rings. The lowest BCUT2D eigenvalue weighted by Crippen LogP contribution is -2.45. The monoisotopic (exact) mass is 272 g/mol. The van der Waals surface area contributed by atoms with Crippen molar-refractivity contribution in [2.75, 3.05) is 26.2 Å². The van der Waals surface area contributed by atoms with Crippen molar-refractivity contribution in [2.45, 2.75) is 45.6 Å². The Kier molecular flexibility index (Phi) is 4.42. The van der Waals surface area contributed by atoms with Gasteiger partial charge in [-0.3, -0.25) is 4.90 Å². The molecule has 1 aromatic carbocycles. The van der Waals surface area contributed by atoms with Crippen LogP contribution in [-0.2, 0) is 12.8 Å². The average Bonchev–Trinajstić information content (AvgIpc) is 2.93. The van der Waals surface area contributed by atoms with Crippen LogP contribution >= 0.6 is 0 Å². The zero-order valence-corrected chi connectivity index (χ0v) is 13.0. The predicted octanol–water partition coefficient (Wildman–Crippen LogP) is 3.17. The summed E-state index contributed by atoms with van der Waals surface area (Å²) in [6, 6.07) is 7.92. The van der Waals surface area contributed by atoms with Crippen LogP contribution in [0.4, 0.5) is 0 Å². The second-order valence-electron chi connectivity index (χ2n) is 6.81. The zero-order chi connectivity index (χ0) is 13.9. The third-order valence-electron chi connectivity index (χ3n) is 4.79. The van der Waals surface area contributed by atoms with E-state index in [1.165, 1.54) is 38.8 Å². The van der Waals surface area contributed by atoms with Crippen LogP contribution in [0.2, 0.25) is 0 Å². The first kappa shape index (κ1) is 14.1. The van der Waals surface area contributed by atoms with E-state index in [0.29, 0.717) is 6.04 Å². The molecular formula is C18H28N2. The molecule has 1 saturated heterocycles. The maximum atomic E-state index is 3.47. The summed E-state index contributed by atoms with van der Waals surface area (Å²) < 4.78 is 0. The second kappa shape index (κ2) is 6.28. The quantitative estimate of drug-likeness (QED) is 0.905. The number of piperazine rings is 1. The van der Waals surface area contributed by atoms with Gasteiger partial charge in [-0.05, 0) is 48.3 Å². The zero-order valence-electron chi connectivity index (χ0n) is 13.0. The molecule has 1 N–H and O–H groups in total. The summed E-state index contributed by atoms with van der Waals surface area (Å²) in [5, 5.41) is 3.47. The third-order valence-corrected chi connectivity index (χ3v) is 4.79. The van der Waals surface area contributed by atoms with E-state index in [1.807, 2.05) is 0 Å². The van der Waals surface area contributed by atoms with E-state index in [1.54, 1.807) is 16.7 Å². The van der Waals surface area contributed by atoms with Crippen molar-refractivity contribution in [3.05, 3.63) is 34.9 Å². The molecule has 2 nitrogen and oxygen atoms in total. The van der Waals surface area contributed by atoms with Crippen LogP contribution in [0.5, 0.6) is 0 Å². The van der Waals surface area contributed by atoms with Crippen LogP contribution in [0, 0.1) is 5.92 Å². The van der Waals surface area contributed by atoms with Crippen LogP contribution in [-0.4, -0.2) is 31.1 Å². The smallest absolute Gasteiger partial charge is 0.0351 e. The Bertz CT molecular complexity index is 447. The molecule has 1 heterocycles. The highest BCUT2D eigenvalue weighted by atomic mass is 15.2. The number of nitrogens with zero attached hydrogens (tertiary/aromatic N) is 1. The first-order chi connectivity index (χ1) is 9.74. The summed E-state index contributed by atoms with van der Waals surface area (Å²) >= 11 is 0. The summed E-state index contributed by atoms with van der Waals surface area (Å²) in [4.78, 5) is 2.69. The van der Waals surface area contributed by atoms with Gasteiger partial charge in [-0.15, -0.1) is 0 Å². The molecule has 3 rings (SSSR count). The first-order valence-electron chi connectivity index (χ1n) is 8.30. The van der Waals surface area contributed by atoms with Gasteiger partial charge in [0.15, 0.2) is 0 Å². The maximum Gasteiger partial charge on any atom is 0.0351 e. The van der Waals surface area contributed by atoms with E-state index >= 15 is 0 Å². The fourth-order valence-corrected chi connectivity index (χ4v) is 3.74. The maximum absolute atomic E-state index is 3.47. The number of hydrogen-bond acceptors (Lipinski definition) is 2. The fourth-order valence-electron chi connectivity index (χ4n) is 3.74. The molecule has 0 spiro atoms. The van der Waals surface area contributed by atoms with Gasteiger partial charge >= 0.3 is 0 Å². The number of hydrogen-bond donors (Lipinski definition) is 1. The van der Waals surface area contributed by atoms with E-state index in [0.717, 1.165) is 19.0 Å². The van der Waals surface area contributed by atoms with E-state index in [4.69, 9.17) is 0 Å². The van der Waals surface area contributed by atoms with Gasteiger partial charge < -0.3 is 5.32 Å². The summed E-state index contributed by atoms with van der Waals surface area (Å²) in [5.74, 6) is 0.753. The summed E-state index contributed by atoms with van der Waals surface area (Å²) in [6.45, 7) is 9.35. The van der Waals surface area contributed by atoms with E-state index in [9.17, 15) is 0 Å². The van der Waals surface area contributed by atoms with Crippen LogP contribution < -0.4 is 5.32 Å². The van der Waals surface area contributed by atoms with Gasteiger partial charge in [0.2, 0.25) is 0 Å². The van der Waals surface area contributed by atoms with Crippen LogP contribution in [0.1, 0.15) is 49.4 Å². The van der Waals surface area contributed by atoms with Gasteiger partial charge in [0, 0.05) is 32.2 Å². The highest BCUT2D eigenvalue weighted by Gasteiger charge is 2.24. The lowest BCUT2D eigenvalue weighted by Gasteiger charge is -2.36. The Labute approximate surface area is 123 Å². The average molecular weight is 272 g/mol. The Morgan fingerprint density at radius 1 is 1.10 bits per heavy atom. The minimum atomic E-state index is 0.614. The molecule has 0 aromatic heterocycles. The van der Waals surface area contributed by atoms with Gasteiger partial charge in [-0.1, -0.05) is 32.0 Å². The van der Waals surface area contributed by atoms with Crippen LogP contribution in [0.25, 0.3) is 0 Å². The Balaban J connectivity index is 1.83. The molecular weight excluding hydrogens is 244 g/mol. The van der Waals surface area contributed by atoms with Crippen molar-refractivity contribution in [3.8, 4) is 0 Å². The molecule has 110 valence electrons. The Morgan fingerprint density at radius 2 is 1.85 bits per heavy atom. The van der Waals surface area contributed by atoms with Crippen LogP contribution in [0.15, 0.2) is 18.2 Å². The molecule has 20 heavy (non-hydrogen) atoms. The standard InChI is InChI=1S/C18H28N2/c1-14(2)12-18(20-10-8-19-9-11-20)17-7-6-15-4-3-5-16(15)13-17/h6-7,13-14,18-19H,3-5,8-12H2,1-2H3. The lowest BCUT2D eigenvalue weighted by atomic mass is 9.93. The molecule has 2 heteroatoms. The molecule has 0 radical (unpaired) electrons. The summed E-state index contributed by atoms with van der Waals surface area (Å²) in [6.07, 6.45) is 5.21. The van der Waals surface area contributed by atoms with E-state index in [2.05, 4.69) is 42.3 Å². The van der Waals surface area contributed by atoms with Gasteiger partial charge in [0.1, 0.15) is 0 Å². The van der Waals surface area contributed by atoms with Crippen molar-refractivity contribution >= 4 is 0 Å². The van der Waals surface area contributed by atoms with E-state index in [-0.39, 0.29) is 0 Å². The highest BCUT2D eigenvalue weighted by molar-refractivity contribution is 5.36. The van der Waals surface area contributed by atoms with Crippen molar-refractivity contribution in [1.29, 1.82) is 0 Å². The van der Waals surface area contributed by atoms with Crippen LogP contribution in [0.3, 0.4) is 0 Å². The highest BCUT2D eigenvalue weighted by Crippen LogP contribution is 2.31. The fraction of sp³-hybridized carbons (Fsp3) is 0.667. The SMILES string of the molecule is CC(C)CC(c1ccc2c(c1)CCC2)N1CCNCC1. The Morgan fingerprint density at radius 3 is 2.60 bits per heavy atom. The summed E-state index contributed by atoms with van der Waals surface area (Å²) in [5.41, 5.74) is 4.77. The van der Waals surface area contributed by atoms with Crippen molar-refractivity contribution in [3.63, 3.8) is 0 Å². The largest absolute Gasteiger partial charge is 0.314 e. The lowest BCUT2D eigenvalue weighted by molar-refractivity contribution is 0.154. The molecule has 0 saturated carbocycles. The number of fused-ring (bicyclic) bond motifs is 1. The van der Waals surface area contributed by atoms with Gasteiger partial charge in [0.25, 0.3) is 0 Å². The molecule has 1 fully saturated rings. The minimum Gasteiger partial charge on any atom is -0.314 e. The topological polar surface area (TPSA) is 15.3 Å². The van der Waals surface area contributed by atoms with Gasteiger partial charge in [-0.25, -0.2) is 0 Å². The molecule has 1 atom stereocenters. The normalized spacial score (nSPS) is 21.1. The van der Waals surface area contributed by atoms with Crippen molar-refractivity contribution in [1.82, 2.24) is 10.2 Å². The minimum absolute atomic E-state index is 0.614. The number of benzene rings is 1. The van der Waals surface area contributed by atoms with Gasteiger partial charge in [-0.2, -0.15) is 0 Å². The molecule has 0 amide bonds. The van der Waals surface area contributed by atoms with Crippen molar-refractivity contribution in [2.24, 2.45) is 5.92 Å².